The van der Waals surface area contributed by atoms with Crippen LogP contribution < -0.4 is 5.32 Å². The summed E-state index contributed by atoms with van der Waals surface area (Å²) in [5.41, 5.74) is 0.534. The summed E-state index contributed by atoms with van der Waals surface area (Å²) in [7, 11) is 0. The first-order chi connectivity index (χ1) is 8.09. The standard InChI is InChI=1S/C13H23N3S/c1-4-5-11-15-12(17-16-11)14-10-6-8-13(2,3)9-7-10/h10H,4-9H2,1-3H3,(H,14,15,16). The Kier molecular flexibility index (Phi) is 4.02. The van der Waals surface area contributed by atoms with E-state index in [4.69, 9.17) is 0 Å². The molecule has 0 bridgehead atoms. The summed E-state index contributed by atoms with van der Waals surface area (Å²) in [6, 6.07) is 0.602. The molecule has 0 amide bonds. The van der Waals surface area contributed by atoms with E-state index in [0.717, 1.165) is 23.8 Å². The summed E-state index contributed by atoms with van der Waals surface area (Å²) in [6.45, 7) is 6.90. The Balaban J connectivity index is 1.84. The highest BCUT2D eigenvalue weighted by molar-refractivity contribution is 7.09. The minimum Gasteiger partial charge on any atom is -0.358 e. The van der Waals surface area contributed by atoms with Crippen LogP contribution in [0.2, 0.25) is 0 Å². The smallest absolute Gasteiger partial charge is 0.202 e. The predicted octanol–water partition coefficient (Wildman–Crippen LogP) is 3.87. The van der Waals surface area contributed by atoms with Gasteiger partial charge in [0.25, 0.3) is 0 Å². The summed E-state index contributed by atoms with van der Waals surface area (Å²) >= 11 is 1.51. The molecule has 17 heavy (non-hydrogen) atoms. The Morgan fingerprint density at radius 2 is 2.06 bits per heavy atom. The Bertz CT molecular complexity index is 349. The molecule has 0 radical (unpaired) electrons. The van der Waals surface area contributed by atoms with E-state index >= 15 is 0 Å². The number of aryl methyl sites for hydroxylation is 1. The molecule has 1 saturated carbocycles. The van der Waals surface area contributed by atoms with Crippen LogP contribution >= 0.6 is 11.5 Å². The second-order valence-corrected chi connectivity index (χ2v) is 6.60. The maximum atomic E-state index is 4.53. The van der Waals surface area contributed by atoms with Crippen molar-refractivity contribution in [1.82, 2.24) is 9.36 Å². The number of nitrogens with zero attached hydrogens (tertiary/aromatic N) is 2. The second-order valence-electron chi connectivity index (χ2n) is 5.85. The van der Waals surface area contributed by atoms with Crippen LogP contribution in [-0.4, -0.2) is 15.4 Å². The van der Waals surface area contributed by atoms with E-state index in [1.807, 2.05) is 0 Å². The Morgan fingerprint density at radius 3 is 2.71 bits per heavy atom. The van der Waals surface area contributed by atoms with Crippen LogP contribution in [0.3, 0.4) is 0 Å². The zero-order chi connectivity index (χ0) is 12.3. The number of nitrogens with one attached hydrogen (secondary N) is 1. The number of hydrogen-bond acceptors (Lipinski definition) is 4. The number of anilines is 1. The first-order valence-corrected chi connectivity index (χ1v) is 7.45. The average Bonchev–Trinajstić information content (AvgIpc) is 2.70. The van der Waals surface area contributed by atoms with E-state index in [9.17, 15) is 0 Å². The molecule has 1 N–H and O–H groups in total. The molecule has 0 unspecified atom stereocenters. The molecule has 96 valence electrons. The fourth-order valence-electron chi connectivity index (χ4n) is 2.36. The zero-order valence-corrected chi connectivity index (χ0v) is 11.9. The molecule has 0 spiro atoms. The lowest BCUT2D eigenvalue weighted by Gasteiger charge is -2.34. The summed E-state index contributed by atoms with van der Waals surface area (Å²) in [5, 5.41) is 4.55. The van der Waals surface area contributed by atoms with Gasteiger partial charge in [-0.15, -0.1) is 0 Å². The SMILES string of the molecule is CCCc1nsc(NC2CCC(C)(C)CC2)n1. The molecule has 4 heteroatoms. The molecular weight excluding hydrogens is 230 g/mol. The highest BCUT2D eigenvalue weighted by atomic mass is 32.1. The summed E-state index contributed by atoms with van der Waals surface area (Å²) in [5.74, 6) is 0.996. The van der Waals surface area contributed by atoms with E-state index < -0.39 is 0 Å². The lowest BCUT2D eigenvalue weighted by atomic mass is 9.76. The van der Waals surface area contributed by atoms with Crippen LogP contribution in [0.15, 0.2) is 0 Å². The van der Waals surface area contributed by atoms with Gasteiger partial charge in [-0.05, 0) is 37.5 Å². The molecule has 0 aromatic carbocycles. The van der Waals surface area contributed by atoms with Crippen molar-refractivity contribution in [2.45, 2.75) is 65.3 Å². The van der Waals surface area contributed by atoms with Gasteiger partial charge in [0, 0.05) is 24.0 Å². The monoisotopic (exact) mass is 253 g/mol. The van der Waals surface area contributed by atoms with Crippen molar-refractivity contribution < 1.29 is 0 Å². The third-order valence-electron chi connectivity index (χ3n) is 3.61. The summed E-state index contributed by atoms with van der Waals surface area (Å²) in [6.07, 6.45) is 7.26. The molecule has 0 atom stereocenters. The van der Waals surface area contributed by atoms with E-state index in [1.54, 1.807) is 0 Å². The Morgan fingerprint density at radius 1 is 1.35 bits per heavy atom. The molecule has 1 heterocycles. The van der Waals surface area contributed by atoms with Crippen molar-refractivity contribution in [1.29, 1.82) is 0 Å². The molecular formula is C13H23N3S. The van der Waals surface area contributed by atoms with Gasteiger partial charge >= 0.3 is 0 Å². The van der Waals surface area contributed by atoms with Crippen molar-refractivity contribution in [3.8, 4) is 0 Å². The average molecular weight is 253 g/mol. The van der Waals surface area contributed by atoms with Crippen LogP contribution in [0.4, 0.5) is 5.13 Å². The number of rotatable bonds is 4. The Labute approximate surface area is 108 Å². The van der Waals surface area contributed by atoms with Gasteiger partial charge in [0.2, 0.25) is 5.13 Å². The maximum absolute atomic E-state index is 4.53. The zero-order valence-electron chi connectivity index (χ0n) is 11.1. The van der Waals surface area contributed by atoms with Crippen molar-refractivity contribution in [3.05, 3.63) is 5.82 Å². The normalized spacial score (nSPS) is 20.4. The van der Waals surface area contributed by atoms with Gasteiger partial charge in [-0.3, -0.25) is 0 Å². The van der Waals surface area contributed by atoms with Gasteiger partial charge in [-0.25, -0.2) is 4.98 Å². The molecule has 0 saturated heterocycles. The van der Waals surface area contributed by atoms with Gasteiger partial charge in [-0.2, -0.15) is 4.37 Å². The summed E-state index contributed by atoms with van der Waals surface area (Å²) < 4.78 is 4.37. The van der Waals surface area contributed by atoms with Crippen LogP contribution in [0.25, 0.3) is 0 Å². The third kappa shape index (κ3) is 3.66. The second kappa shape index (κ2) is 5.34. The quantitative estimate of drug-likeness (QED) is 0.885. The molecule has 1 fully saturated rings. The highest BCUT2D eigenvalue weighted by Gasteiger charge is 2.27. The van der Waals surface area contributed by atoms with Gasteiger partial charge in [-0.1, -0.05) is 20.8 Å². The van der Waals surface area contributed by atoms with E-state index in [-0.39, 0.29) is 0 Å². The fraction of sp³-hybridized carbons (Fsp3) is 0.846. The predicted molar refractivity (Wildman–Crippen MR) is 73.6 cm³/mol. The fourth-order valence-corrected chi connectivity index (χ4v) is 3.05. The largest absolute Gasteiger partial charge is 0.358 e. The lowest BCUT2D eigenvalue weighted by molar-refractivity contribution is 0.232. The van der Waals surface area contributed by atoms with Gasteiger partial charge in [0.15, 0.2) is 0 Å². The summed E-state index contributed by atoms with van der Waals surface area (Å²) in [4.78, 5) is 4.53. The maximum Gasteiger partial charge on any atom is 0.202 e. The minimum atomic E-state index is 0.534. The van der Waals surface area contributed by atoms with Crippen LogP contribution in [0.1, 0.15) is 58.7 Å². The van der Waals surface area contributed by atoms with Gasteiger partial charge < -0.3 is 5.32 Å². The van der Waals surface area contributed by atoms with Crippen LogP contribution in [-0.2, 0) is 6.42 Å². The number of aromatic nitrogens is 2. The molecule has 2 rings (SSSR count). The molecule has 1 aromatic rings. The minimum absolute atomic E-state index is 0.534. The first-order valence-electron chi connectivity index (χ1n) is 6.68. The van der Waals surface area contributed by atoms with Crippen molar-refractivity contribution in [2.75, 3.05) is 5.32 Å². The topological polar surface area (TPSA) is 37.8 Å². The molecule has 1 aliphatic carbocycles. The third-order valence-corrected chi connectivity index (χ3v) is 4.29. The molecule has 1 aliphatic rings. The molecule has 3 nitrogen and oxygen atoms in total. The van der Waals surface area contributed by atoms with Gasteiger partial charge in [0.1, 0.15) is 5.82 Å². The van der Waals surface area contributed by atoms with Gasteiger partial charge in [0.05, 0.1) is 0 Å². The highest BCUT2D eigenvalue weighted by Crippen LogP contribution is 2.36. The first kappa shape index (κ1) is 12.8. The van der Waals surface area contributed by atoms with Crippen molar-refractivity contribution in [2.24, 2.45) is 5.41 Å². The van der Waals surface area contributed by atoms with E-state index in [1.165, 1.54) is 37.2 Å². The van der Waals surface area contributed by atoms with Crippen LogP contribution in [0, 0.1) is 5.41 Å². The van der Waals surface area contributed by atoms with Crippen LogP contribution in [0.5, 0.6) is 0 Å². The van der Waals surface area contributed by atoms with Crippen molar-refractivity contribution >= 4 is 16.7 Å². The van der Waals surface area contributed by atoms with E-state index in [2.05, 4.69) is 35.4 Å². The Hall–Kier alpha value is -0.640. The van der Waals surface area contributed by atoms with Crippen molar-refractivity contribution in [3.63, 3.8) is 0 Å². The number of hydrogen-bond donors (Lipinski definition) is 1. The van der Waals surface area contributed by atoms with E-state index in [0.29, 0.717) is 11.5 Å². The molecule has 1 aromatic heterocycles. The lowest BCUT2D eigenvalue weighted by Crippen LogP contribution is -2.29. The molecule has 0 aliphatic heterocycles.